The van der Waals surface area contributed by atoms with Crippen molar-refractivity contribution in [1.82, 2.24) is 4.90 Å². The number of rotatable bonds is 5. The van der Waals surface area contributed by atoms with Gasteiger partial charge in [-0.2, -0.15) is 0 Å². The van der Waals surface area contributed by atoms with Gasteiger partial charge in [-0.25, -0.2) is 0 Å². The Balaban J connectivity index is 1.72. The van der Waals surface area contributed by atoms with Gasteiger partial charge in [-0.05, 0) is 54.0 Å². The van der Waals surface area contributed by atoms with Gasteiger partial charge in [0.2, 0.25) is 0 Å². The molecule has 148 valence electrons. The van der Waals surface area contributed by atoms with Crippen LogP contribution >= 0.6 is 15.9 Å². The Labute approximate surface area is 172 Å². The molecule has 0 spiro atoms. The van der Waals surface area contributed by atoms with Crippen LogP contribution in [0.4, 0.5) is 17.1 Å². The molecule has 1 saturated heterocycles. The maximum Gasteiger partial charge on any atom is 0.292 e. The Bertz CT molecular complexity index is 880. The van der Waals surface area contributed by atoms with Gasteiger partial charge in [0, 0.05) is 48.4 Å². The van der Waals surface area contributed by atoms with Crippen molar-refractivity contribution in [3.8, 4) is 0 Å². The van der Waals surface area contributed by atoms with E-state index in [4.69, 9.17) is 0 Å². The first kappa shape index (κ1) is 20.1. The van der Waals surface area contributed by atoms with Gasteiger partial charge in [0.1, 0.15) is 5.69 Å². The van der Waals surface area contributed by atoms with Crippen LogP contribution in [0.3, 0.4) is 0 Å². The molecule has 0 aliphatic carbocycles. The lowest BCUT2D eigenvalue weighted by atomic mass is 10.1. The van der Waals surface area contributed by atoms with Crippen LogP contribution in [0.25, 0.3) is 0 Å². The number of benzene rings is 2. The fourth-order valence-electron chi connectivity index (χ4n) is 3.28. The number of halogens is 1. The summed E-state index contributed by atoms with van der Waals surface area (Å²) in [5.74, 6) is 0.0120. The summed E-state index contributed by atoms with van der Waals surface area (Å²) >= 11 is 3.44. The van der Waals surface area contributed by atoms with Crippen molar-refractivity contribution in [3.05, 3.63) is 62.6 Å². The smallest absolute Gasteiger partial charge is 0.292 e. The molecule has 1 fully saturated rings. The van der Waals surface area contributed by atoms with Crippen LogP contribution in [0.2, 0.25) is 0 Å². The first-order chi connectivity index (χ1) is 13.4. The number of amides is 1. The van der Waals surface area contributed by atoms with Gasteiger partial charge in [0.25, 0.3) is 11.6 Å². The Morgan fingerprint density at radius 1 is 1.14 bits per heavy atom. The second kappa shape index (κ2) is 8.60. The summed E-state index contributed by atoms with van der Waals surface area (Å²) < 4.78 is 0.794. The zero-order chi connectivity index (χ0) is 20.3. The van der Waals surface area contributed by atoms with Crippen molar-refractivity contribution >= 4 is 38.9 Å². The molecule has 1 N–H and O–H groups in total. The number of carbonyl (C=O) groups excluding carboxylic acids is 1. The van der Waals surface area contributed by atoms with Crippen LogP contribution < -0.4 is 10.2 Å². The standard InChI is InChI=1S/C20H23BrN4O3/c1-14(2)22-18-13-15(7-8-19(18)25(27)28)23-9-11-24(12-10-23)20(26)16-5-3-4-6-17(16)21/h3-8,13-14,22H,9-12H2,1-2H3. The summed E-state index contributed by atoms with van der Waals surface area (Å²) in [5, 5.41) is 14.4. The number of hydrogen-bond donors (Lipinski definition) is 1. The van der Waals surface area contributed by atoms with Gasteiger partial charge in [-0.15, -0.1) is 0 Å². The minimum absolute atomic E-state index is 0.0120. The van der Waals surface area contributed by atoms with Crippen LogP contribution in [0.1, 0.15) is 24.2 Å². The molecule has 3 rings (SSSR count). The lowest BCUT2D eigenvalue weighted by Crippen LogP contribution is -2.48. The van der Waals surface area contributed by atoms with Crippen molar-refractivity contribution in [2.24, 2.45) is 0 Å². The van der Waals surface area contributed by atoms with E-state index in [1.807, 2.05) is 49.1 Å². The topological polar surface area (TPSA) is 78.7 Å². The Morgan fingerprint density at radius 3 is 2.43 bits per heavy atom. The normalized spacial score (nSPS) is 14.3. The highest BCUT2D eigenvalue weighted by Crippen LogP contribution is 2.31. The summed E-state index contributed by atoms with van der Waals surface area (Å²) in [4.78, 5) is 27.6. The zero-order valence-corrected chi connectivity index (χ0v) is 17.5. The van der Waals surface area contributed by atoms with Crippen molar-refractivity contribution in [3.63, 3.8) is 0 Å². The Hall–Kier alpha value is -2.61. The molecule has 2 aromatic rings. The van der Waals surface area contributed by atoms with E-state index >= 15 is 0 Å². The van der Waals surface area contributed by atoms with Gasteiger partial charge >= 0.3 is 0 Å². The maximum atomic E-state index is 12.8. The summed E-state index contributed by atoms with van der Waals surface area (Å²) in [6.45, 7) is 6.45. The van der Waals surface area contributed by atoms with Gasteiger partial charge in [-0.1, -0.05) is 12.1 Å². The minimum atomic E-state index is -0.372. The highest BCUT2D eigenvalue weighted by Gasteiger charge is 2.24. The third-order valence-electron chi connectivity index (χ3n) is 4.66. The second-order valence-electron chi connectivity index (χ2n) is 7.02. The molecule has 0 aromatic heterocycles. The predicted octanol–water partition coefficient (Wildman–Crippen LogP) is 4.14. The number of piperazine rings is 1. The molecule has 0 saturated carbocycles. The zero-order valence-electron chi connectivity index (χ0n) is 15.9. The lowest BCUT2D eigenvalue weighted by molar-refractivity contribution is -0.384. The molecule has 1 aliphatic heterocycles. The Kier molecular flexibility index (Phi) is 6.18. The summed E-state index contributed by atoms with van der Waals surface area (Å²) in [5.41, 5.74) is 2.17. The molecular weight excluding hydrogens is 424 g/mol. The SMILES string of the molecule is CC(C)Nc1cc(N2CCN(C(=O)c3ccccc3Br)CC2)ccc1[N+](=O)[O-]. The molecule has 1 amide bonds. The van der Waals surface area contributed by atoms with Crippen molar-refractivity contribution in [2.45, 2.75) is 19.9 Å². The summed E-state index contributed by atoms with van der Waals surface area (Å²) in [7, 11) is 0. The van der Waals surface area contributed by atoms with Gasteiger partial charge < -0.3 is 15.1 Å². The van der Waals surface area contributed by atoms with E-state index in [9.17, 15) is 14.9 Å². The molecule has 7 nitrogen and oxygen atoms in total. The van der Waals surface area contributed by atoms with E-state index in [-0.39, 0.29) is 22.6 Å². The first-order valence-corrected chi connectivity index (χ1v) is 10.00. The minimum Gasteiger partial charge on any atom is -0.377 e. The van der Waals surface area contributed by atoms with Crippen LogP contribution in [-0.4, -0.2) is 48.0 Å². The average Bonchev–Trinajstić information content (AvgIpc) is 2.67. The molecule has 1 heterocycles. The van der Waals surface area contributed by atoms with E-state index in [1.165, 1.54) is 0 Å². The van der Waals surface area contributed by atoms with Crippen LogP contribution in [-0.2, 0) is 0 Å². The summed E-state index contributed by atoms with van der Waals surface area (Å²) in [6.07, 6.45) is 0. The van der Waals surface area contributed by atoms with E-state index < -0.39 is 0 Å². The average molecular weight is 447 g/mol. The third kappa shape index (κ3) is 4.44. The number of nitro groups is 1. The number of nitrogens with one attached hydrogen (secondary N) is 1. The monoisotopic (exact) mass is 446 g/mol. The van der Waals surface area contributed by atoms with Crippen LogP contribution in [0, 0.1) is 10.1 Å². The van der Waals surface area contributed by atoms with Crippen LogP contribution in [0.5, 0.6) is 0 Å². The fourth-order valence-corrected chi connectivity index (χ4v) is 3.73. The van der Waals surface area contributed by atoms with E-state index in [1.54, 1.807) is 12.1 Å². The van der Waals surface area contributed by atoms with Gasteiger partial charge in [-0.3, -0.25) is 14.9 Å². The molecule has 0 atom stereocenters. The molecule has 0 bridgehead atoms. The first-order valence-electron chi connectivity index (χ1n) is 9.20. The number of nitro benzene ring substituents is 1. The molecule has 0 radical (unpaired) electrons. The highest BCUT2D eigenvalue weighted by atomic mass is 79.9. The lowest BCUT2D eigenvalue weighted by Gasteiger charge is -2.36. The van der Waals surface area contributed by atoms with Crippen molar-refractivity contribution in [1.29, 1.82) is 0 Å². The molecule has 28 heavy (non-hydrogen) atoms. The maximum absolute atomic E-state index is 12.8. The largest absolute Gasteiger partial charge is 0.377 e. The highest BCUT2D eigenvalue weighted by molar-refractivity contribution is 9.10. The van der Waals surface area contributed by atoms with Gasteiger partial charge in [0.15, 0.2) is 0 Å². The Morgan fingerprint density at radius 2 is 1.82 bits per heavy atom. The fraction of sp³-hybridized carbons (Fsp3) is 0.350. The molecule has 0 unspecified atom stereocenters. The van der Waals surface area contributed by atoms with Crippen molar-refractivity contribution in [2.75, 3.05) is 36.4 Å². The van der Waals surface area contributed by atoms with Gasteiger partial charge in [0.05, 0.1) is 10.5 Å². The number of carbonyl (C=O) groups is 1. The number of nitrogens with zero attached hydrogens (tertiary/aromatic N) is 3. The van der Waals surface area contributed by atoms with E-state index in [2.05, 4.69) is 26.1 Å². The van der Waals surface area contributed by atoms with E-state index in [0.29, 0.717) is 37.4 Å². The number of hydrogen-bond acceptors (Lipinski definition) is 5. The third-order valence-corrected chi connectivity index (χ3v) is 5.35. The van der Waals surface area contributed by atoms with E-state index in [0.717, 1.165) is 10.2 Å². The second-order valence-corrected chi connectivity index (χ2v) is 7.87. The van der Waals surface area contributed by atoms with Crippen molar-refractivity contribution < 1.29 is 9.72 Å². The molecular formula is C20H23BrN4O3. The summed E-state index contributed by atoms with van der Waals surface area (Å²) in [6, 6.07) is 12.7. The number of anilines is 2. The molecule has 2 aromatic carbocycles. The quantitative estimate of drug-likeness (QED) is 0.551. The predicted molar refractivity (Wildman–Crippen MR) is 114 cm³/mol. The molecule has 8 heteroatoms. The van der Waals surface area contributed by atoms with Crippen LogP contribution in [0.15, 0.2) is 46.9 Å². The molecule has 1 aliphatic rings.